The molecule has 0 saturated carbocycles. The second-order valence-corrected chi connectivity index (χ2v) is 4.72. The van der Waals surface area contributed by atoms with Gasteiger partial charge in [0, 0.05) is 0 Å². The number of thiol groups is 1. The fraction of sp³-hybridized carbons (Fsp3) is 0.667. The van der Waals surface area contributed by atoms with Gasteiger partial charge in [0.1, 0.15) is 0 Å². The molecule has 0 aromatic carbocycles. The van der Waals surface area contributed by atoms with Crippen LogP contribution < -0.4 is 16.8 Å². The van der Waals surface area contributed by atoms with Crippen LogP contribution in [0.2, 0.25) is 0 Å². The number of carbonyl (C=O) groups excluding carboxylic acids is 3. The Labute approximate surface area is 113 Å². The van der Waals surface area contributed by atoms with Crippen LogP contribution in [0.3, 0.4) is 0 Å². The molecule has 2 atom stereocenters. The van der Waals surface area contributed by atoms with Crippen molar-refractivity contribution in [1.29, 1.82) is 0 Å². The van der Waals surface area contributed by atoms with Gasteiger partial charge in [0.05, 0.1) is 0 Å². The quantitative estimate of drug-likeness (QED) is 0.282. The van der Waals surface area contributed by atoms with Crippen molar-refractivity contribution < 1.29 is 14.4 Å². The van der Waals surface area contributed by atoms with Crippen molar-refractivity contribution >= 4 is 45.0 Å². The van der Waals surface area contributed by atoms with Gasteiger partial charge >= 0.3 is 113 Å². The number of carbonyl (C=O) groups is 3. The van der Waals surface area contributed by atoms with E-state index in [-0.39, 0.29) is 35.6 Å². The SMILES string of the molecule is NC(=O)CC[C@H](N)C(=O)CN[C@@H](CS)C(=O)[Se]. The molecular weight excluding hydrogens is 309 g/mol. The number of nitrogens with one attached hydrogen (secondary N) is 1. The number of hydrogen-bond acceptors (Lipinski definition) is 6. The van der Waals surface area contributed by atoms with Gasteiger partial charge in [0.2, 0.25) is 0 Å². The molecule has 0 heterocycles. The summed E-state index contributed by atoms with van der Waals surface area (Å²) in [5.74, 6) is -0.470. The van der Waals surface area contributed by atoms with Crippen LogP contribution in [0.1, 0.15) is 12.8 Å². The van der Waals surface area contributed by atoms with Crippen LogP contribution in [0.25, 0.3) is 0 Å². The zero-order valence-corrected chi connectivity index (χ0v) is 11.8. The van der Waals surface area contributed by atoms with E-state index < -0.39 is 18.0 Å². The molecule has 97 valence electrons. The zero-order valence-electron chi connectivity index (χ0n) is 9.22. The van der Waals surface area contributed by atoms with E-state index in [1.807, 2.05) is 0 Å². The summed E-state index contributed by atoms with van der Waals surface area (Å²) in [5, 5.41) is 2.73. The number of amides is 1. The molecule has 0 saturated heterocycles. The second kappa shape index (κ2) is 8.66. The third kappa shape index (κ3) is 7.51. The molecule has 0 aliphatic carbocycles. The van der Waals surface area contributed by atoms with Gasteiger partial charge in [-0.3, -0.25) is 0 Å². The normalized spacial score (nSPS) is 14.0. The molecule has 0 spiro atoms. The van der Waals surface area contributed by atoms with E-state index in [0.29, 0.717) is 0 Å². The minimum atomic E-state index is -0.744. The van der Waals surface area contributed by atoms with Crippen LogP contribution in [0, 0.1) is 0 Å². The molecule has 8 heteroatoms. The summed E-state index contributed by atoms with van der Waals surface area (Å²) in [6.07, 6.45) is 0.289. The number of Topliss-reactive ketones (excluding diaryl/α,β-unsaturated/α-hetero) is 1. The molecule has 1 radical (unpaired) electrons. The number of ketones is 1. The monoisotopic (exact) mass is 326 g/mol. The van der Waals surface area contributed by atoms with Gasteiger partial charge in [-0.05, 0) is 0 Å². The number of rotatable bonds is 9. The molecule has 0 aliphatic heterocycles. The van der Waals surface area contributed by atoms with E-state index in [0.717, 1.165) is 0 Å². The van der Waals surface area contributed by atoms with Gasteiger partial charge in [-0.1, -0.05) is 0 Å². The van der Waals surface area contributed by atoms with E-state index in [1.165, 1.54) is 0 Å². The van der Waals surface area contributed by atoms with Crippen LogP contribution in [-0.4, -0.2) is 56.8 Å². The topological polar surface area (TPSA) is 115 Å². The van der Waals surface area contributed by atoms with Gasteiger partial charge in [-0.25, -0.2) is 0 Å². The van der Waals surface area contributed by atoms with Crippen molar-refractivity contribution in [2.75, 3.05) is 12.3 Å². The van der Waals surface area contributed by atoms with Gasteiger partial charge in [0.15, 0.2) is 0 Å². The molecule has 1 amide bonds. The minimum absolute atomic E-state index is 0.0292. The van der Waals surface area contributed by atoms with E-state index >= 15 is 0 Å². The Bertz CT molecular complexity index is 301. The molecule has 0 aromatic heterocycles. The van der Waals surface area contributed by atoms with Gasteiger partial charge in [0.25, 0.3) is 0 Å². The van der Waals surface area contributed by atoms with Crippen LogP contribution >= 0.6 is 12.6 Å². The Hall–Kier alpha value is -0.401. The molecule has 5 N–H and O–H groups in total. The Morgan fingerprint density at radius 1 is 1.35 bits per heavy atom. The molecule has 0 aliphatic rings. The first-order valence-corrected chi connectivity index (χ1v) is 6.49. The summed E-state index contributed by atoms with van der Waals surface area (Å²) >= 11 is 6.30. The first-order valence-electron chi connectivity index (χ1n) is 5.00. The second-order valence-electron chi connectivity index (χ2n) is 3.51. The third-order valence-corrected chi connectivity index (χ3v) is 3.07. The molecule has 6 nitrogen and oxygen atoms in total. The molecule has 0 fully saturated rings. The van der Waals surface area contributed by atoms with Crippen molar-refractivity contribution in [3.63, 3.8) is 0 Å². The zero-order chi connectivity index (χ0) is 13.4. The van der Waals surface area contributed by atoms with Gasteiger partial charge in [-0.2, -0.15) is 0 Å². The van der Waals surface area contributed by atoms with Crippen LogP contribution in [0.4, 0.5) is 0 Å². The van der Waals surface area contributed by atoms with Crippen molar-refractivity contribution in [1.82, 2.24) is 5.32 Å². The third-order valence-electron chi connectivity index (χ3n) is 2.11. The predicted molar refractivity (Wildman–Crippen MR) is 67.8 cm³/mol. The number of nitrogens with two attached hydrogens (primary N) is 2. The molecular formula is C9H16N3O3SSe. The fourth-order valence-electron chi connectivity index (χ4n) is 1.04. The summed E-state index contributed by atoms with van der Waals surface area (Å²) in [6, 6.07) is -1.25. The number of hydrogen-bond donors (Lipinski definition) is 4. The molecule has 0 rings (SSSR count). The average molecular weight is 325 g/mol. The van der Waals surface area contributed by atoms with E-state index in [4.69, 9.17) is 11.5 Å². The van der Waals surface area contributed by atoms with Crippen molar-refractivity contribution in [2.45, 2.75) is 24.9 Å². The molecule has 0 bridgehead atoms. The Kier molecular flexibility index (Phi) is 8.45. The number of primary amides is 1. The standard InChI is InChI=1S/C9H16N3O3SSe/c10-5(1-2-8(11)14)7(13)3-12-6(4-16)9(15)17/h5-6,12,16H,1-4,10H2,(H2,11,14)/t5-,6-/m0/s1. The first-order chi connectivity index (χ1) is 7.88. The van der Waals surface area contributed by atoms with E-state index in [2.05, 4.69) is 34.0 Å². The van der Waals surface area contributed by atoms with Crippen molar-refractivity contribution in [3.8, 4) is 0 Å². The van der Waals surface area contributed by atoms with E-state index in [1.54, 1.807) is 0 Å². The van der Waals surface area contributed by atoms with Crippen LogP contribution in [-0.2, 0) is 14.4 Å². The fourth-order valence-corrected chi connectivity index (χ4v) is 1.96. The molecule has 0 unspecified atom stereocenters. The Balaban J connectivity index is 3.99. The first kappa shape index (κ1) is 16.6. The van der Waals surface area contributed by atoms with Gasteiger partial charge < -0.3 is 0 Å². The molecule has 0 aromatic rings. The van der Waals surface area contributed by atoms with Crippen molar-refractivity contribution in [3.05, 3.63) is 0 Å². The summed E-state index contributed by atoms with van der Waals surface area (Å²) in [5.41, 5.74) is 10.5. The Morgan fingerprint density at radius 3 is 2.35 bits per heavy atom. The Morgan fingerprint density at radius 2 is 1.94 bits per heavy atom. The van der Waals surface area contributed by atoms with Crippen LogP contribution in [0.5, 0.6) is 0 Å². The summed E-state index contributed by atoms with van der Waals surface area (Å²) in [7, 11) is 0. The summed E-state index contributed by atoms with van der Waals surface area (Å²) in [6.45, 7) is -0.0292. The predicted octanol–water partition coefficient (Wildman–Crippen LogP) is -2.27. The average Bonchev–Trinajstić information content (AvgIpc) is 2.25. The van der Waals surface area contributed by atoms with Crippen LogP contribution in [0.15, 0.2) is 0 Å². The summed E-state index contributed by atoms with van der Waals surface area (Å²) < 4.78 is -0.210. The van der Waals surface area contributed by atoms with Gasteiger partial charge in [-0.15, -0.1) is 0 Å². The maximum absolute atomic E-state index is 11.5. The molecule has 17 heavy (non-hydrogen) atoms. The summed E-state index contributed by atoms with van der Waals surface area (Å²) in [4.78, 5) is 33.0. The maximum atomic E-state index is 11.5. The van der Waals surface area contributed by atoms with E-state index in [9.17, 15) is 14.4 Å². The van der Waals surface area contributed by atoms with Crippen molar-refractivity contribution in [2.24, 2.45) is 11.5 Å².